The van der Waals surface area contributed by atoms with Crippen molar-refractivity contribution in [1.82, 2.24) is 4.90 Å². The molecule has 0 saturated carbocycles. The molecule has 2 rings (SSSR count). The average Bonchev–Trinajstić information content (AvgIpc) is 2.72. The van der Waals surface area contributed by atoms with Gasteiger partial charge in [0.1, 0.15) is 0 Å². The van der Waals surface area contributed by atoms with Gasteiger partial charge in [-0.15, -0.1) is 0 Å². The maximum absolute atomic E-state index is 13.1. The molecule has 0 atom stereocenters. The van der Waals surface area contributed by atoms with Crippen molar-refractivity contribution in [3.8, 4) is 23.0 Å². The molecular weight excluding hydrogens is 426 g/mol. The zero-order valence-electron chi connectivity index (χ0n) is 16.9. The summed E-state index contributed by atoms with van der Waals surface area (Å²) in [5, 5.41) is 0. The third-order valence-corrected chi connectivity index (χ3v) is 4.84. The summed E-state index contributed by atoms with van der Waals surface area (Å²) in [6, 6.07) is 9.10. The lowest BCUT2D eigenvalue weighted by atomic mass is 10.1. The second-order valence-corrected chi connectivity index (χ2v) is 6.79. The number of carbonyl (C=O) groups is 1. The largest absolute Gasteiger partial charge is 0.493 e. The summed E-state index contributed by atoms with van der Waals surface area (Å²) in [5.41, 5.74) is 1.47. The Balaban J connectivity index is 2.29. The highest BCUT2D eigenvalue weighted by Gasteiger charge is 2.20. The molecule has 2 aromatic rings. The molecule has 0 spiro atoms. The van der Waals surface area contributed by atoms with Gasteiger partial charge in [0.2, 0.25) is 0 Å². The molecular formula is C21H26BrNO5. The van der Waals surface area contributed by atoms with Crippen molar-refractivity contribution in [2.75, 3.05) is 34.5 Å². The Labute approximate surface area is 174 Å². The highest BCUT2D eigenvalue weighted by Crippen LogP contribution is 2.37. The molecule has 1 amide bonds. The molecule has 0 heterocycles. The second-order valence-electron chi connectivity index (χ2n) is 5.93. The Bertz CT molecular complexity index is 825. The summed E-state index contributed by atoms with van der Waals surface area (Å²) >= 11 is 3.47. The van der Waals surface area contributed by atoms with Crippen LogP contribution in [0, 0.1) is 0 Å². The highest BCUT2D eigenvalue weighted by atomic mass is 79.9. The lowest BCUT2D eigenvalue weighted by Gasteiger charge is -2.22. The van der Waals surface area contributed by atoms with Gasteiger partial charge < -0.3 is 23.8 Å². The van der Waals surface area contributed by atoms with Crippen molar-refractivity contribution < 1.29 is 23.7 Å². The average molecular weight is 452 g/mol. The molecule has 0 fully saturated rings. The van der Waals surface area contributed by atoms with Crippen molar-refractivity contribution >= 4 is 21.8 Å². The fourth-order valence-electron chi connectivity index (χ4n) is 2.84. The Morgan fingerprint density at radius 2 is 1.64 bits per heavy atom. The normalized spacial score (nSPS) is 10.4. The number of ether oxygens (including phenoxy) is 4. The van der Waals surface area contributed by atoms with Crippen molar-refractivity contribution in [2.24, 2.45) is 0 Å². The van der Waals surface area contributed by atoms with Gasteiger partial charge >= 0.3 is 0 Å². The summed E-state index contributed by atoms with van der Waals surface area (Å²) in [7, 11) is 4.74. The molecule has 6 nitrogen and oxygen atoms in total. The standard InChI is InChI=1S/C21H26BrNO5/c1-6-23(13-14-8-9-17(25-3)18(10-14)26-4)21(24)15-11-16(22)20(28-7-2)19(12-15)27-5/h8-12H,6-7,13H2,1-5H3. The molecule has 0 saturated heterocycles. The fraction of sp³-hybridized carbons (Fsp3) is 0.381. The number of nitrogens with zero attached hydrogens (tertiary/aromatic N) is 1. The SMILES string of the molecule is CCOc1c(Br)cc(C(=O)N(CC)Cc2ccc(OC)c(OC)c2)cc1OC. The van der Waals surface area contributed by atoms with Crippen LogP contribution in [0.1, 0.15) is 29.8 Å². The van der Waals surface area contributed by atoms with E-state index >= 15 is 0 Å². The fourth-order valence-corrected chi connectivity index (χ4v) is 3.39. The van der Waals surface area contributed by atoms with Gasteiger partial charge in [-0.2, -0.15) is 0 Å². The van der Waals surface area contributed by atoms with Gasteiger partial charge in [0.15, 0.2) is 23.0 Å². The van der Waals surface area contributed by atoms with Crippen molar-refractivity contribution in [1.29, 1.82) is 0 Å². The predicted octanol–water partition coefficient (Wildman–Crippen LogP) is 4.54. The molecule has 0 unspecified atom stereocenters. The van der Waals surface area contributed by atoms with Gasteiger partial charge in [-0.25, -0.2) is 0 Å². The van der Waals surface area contributed by atoms with Gasteiger partial charge in [0.25, 0.3) is 5.91 Å². The smallest absolute Gasteiger partial charge is 0.254 e. The molecule has 0 N–H and O–H groups in total. The van der Waals surface area contributed by atoms with Gasteiger partial charge in [0.05, 0.1) is 32.4 Å². The monoisotopic (exact) mass is 451 g/mol. The van der Waals surface area contributed by atoms with E-state index in [1.807, 2.05) is 32.0 Å². The topological polar surface area (TPSA) is 57.2 Å². The third-order valence-electron chi connectivity index (χ3n) is 4.26. The van der Waals surface area contributed by atoms with Crippen LogP contribution in [0.4, 0.5) is 0 Å². The lowest BCUT2D eigenvalue weighted by molar-refractivity contribution is 0.0752. The first-order valence-electron chi connectivity index (χ1n) is 8.99. The number of benzene rings is 2. The van der Waals surface area contributed by atoms with Crippen LogP contribution in [0.3, 0.4) is 0 Å². The number of rotatable bonds is 9. The predicted molar refractivity (Wildman–Crippen MR) is 112 cm³/mol. The quantitative estimate of drug-likeness (QED) is 0.560. The Morgan fingerprint density at radius 3 is 2.21 bits per heavy atom. The molecule has 152 valence electrons. The first-order valence-corrected chi connectivity index (χ1v) is 9.78. The summed E-state index contributed by atoms with van der Waals surface area (Å²) in [5.74, 6) is 2.29. The molecule has 7 heteroatoms. The summed E-state index contributed by atoms with van der Waals surface area (Å²) in [6.45, 7) is 5.35. The highest BCUT2D eigenvalue weighted by molar-refractivity contribution is 9.10. The van der Waals surface area contributed by atoms with E-state index in [2.05, 4.69) is 15.9 Å². The van der Waals surface area contributed by atoms with Crippen molar-refractivity contribution in [3.05, 3.63) is 45.9 Å². The van der Waals surface area contributed by atoms with E-state index < -0.39 is 0 Å². The first-order chi connectivity index (χ1) is 13.5. The van der Waals surface area contributed by atoms with E-state index in [0.29, 0.717) is 52.7 Å². The molecule has 2 aromatic carbocycles. The second kappa shape index (κ2) is 10.2. The van der Waals surface area contributed by atoms with E-state index in [0.717, 1.165) is 5.56 Å². The van der Waals surface area contributed by atoms with Crippen molar-refractivity contribution in [2.45, 2.75) is 20.4 Å². The number of methoxy groups -OCH3 is 3. The molecule has 0 aliphatic rings. The summed E-state index contributed by atoms with van der Waals surface area (Å²) in [4.78, 5) is 14.9. The Kier molecular flexibility index (Phi) is 7.99. The van der Waals surface area contributed by atoms with Crippen molar-refractivity contribution in [3.63, 3.8) is 0 Å². The van der Waals surface area contributed by atoms with E-state index in [-0.39, 0.29) is 5.91 Å². The number of hydrogen-bond donors (Lipinski definition) is 0. The molecule has 0 radical (unpaired) electrons. The molecule has 0 aliphatic carbocycles. The molecule has 0 aromatic heterocycles. The third kappa shape index (κ3) is 4.90. The van der Waals surface area contributed by atoms with Crippen LogP contribution in [-0.2, 0) is 6.54 Å². The van der Waals surface area contributed by atoms with Gasteiger partial charge in [-0.1, -0.05) is 6.07 Å². The minimum Gasteiger partial charge on any atom is -0.493 e. The lowest BCUT2D eigenvalue weighted by Crippen LogP contribution is -2.30. The first kappa shape index (κ1) is 21.9. The Morgan fingerprint density at radius 1 is 0.964 bits per heavy atom. The van der Waals surface area contributed by atoms with Crippen LogP contribution >= 0.6 is 15.9 Å². The number of amides is 1. The maximum Gasteiger partial charge on any atom is 0.254 e. The van der Waals surface area contributed by atoms with Crippen LogP contribution < -0.4 is 18.9 Å². The van der Waals surface area contributed by atoms with Gasteiger partial charge in [-0.05, 0) is 59.6 Å². The number of halogens is 1. The summed E-state index contributed by atoms with van der Waals surface area (Å²) < 4.78 is 22.3. The van der Waals surface area contributed by atoms with Crippen LogP contribution in [-0.4, -0.2) is 45.3 Å². The zero-order valence-corrected chi connectivity index (χ0v) is 18.5. The van der Waals surface area contributed by atoms with Crippen LogP contribution in [0.15, 0.2) is 34.8 Å². The van der Waals surface area contributed by atoms with E-state index in [4.69, 9.17) is 18.9 Å². The minimum atomic E-state index is -0.0978. The Hall–Kier alpha value is -2.41. The zero-order chi connectivity index (χ0) is 20.7. The van der Waals surface area contributed by atoms with E-state index in [1.165, 1.54) is 0 Å². The molecule has 0 bridgehead atoms. The number of hydrogen-bond acceptors (Lipinski definition) is 5. The van der Waals surface area contributed by atoms with Crippen LogP contribution in [0.5, 0.6) is 23.0 Å². The summed E-state index contributed by atoms with van der Waals surface area (Å²) in [6.07, 6.45) is 0. The van der Waals surface area contributed by atoms with Crippen LogP contribution in [0.25, 0.3) is 0 Å². The number of carbonyl (C=O) groups excluding carboxylic acids is 1. The molecule has 0 aliphatic heterocycles. The maximum atomic E-state index is 13.1. The van der Waals surface area contributed by atoms with Gasteiger partial charge in [-0.3, -0.25) is 4.79 Å². The molecule has 28 heavy (non-hydrogen) atoms. The van der Waals surface area contributed by atoms with Crippen LogP contribution in [0.2, 0.25) is 0 Å². The van der Waals surface area contributed by atoms with E-state index in [1.54, 1.807) is 38.4 Å². The van der Waals surface area contributed by atoms with Gasteiger partial charge in [0, 0.05) is 18.7 Å². The van der Waals surface area contributed by atoms with E-state index in [9.17, 15) is 4.79 Å². The minimum absolute atomic E-state index is 0.0978.